The number of benzene rings is 1. The van der Waals surface area contributed by atoms with Gasteiger partial charge in [0.2, 0.25) is 0 Å². The van der Waals surface area contributed by atoms with E-state index in [9.17, 15) is 13.2 Å². The molecular weight excluding hydrogens is 528 g/mol. The first-order valence-electron chi connectivity index (χ1n) is 14.1. The van der Waals surface area contributed by atoms with E-state index in [-0.39, 0.29) is 23.5 Å². The van der Waals surface area contributed by atoms with Gasteiger partial charge in [0, 0.05) is 32.2 Å². The Balaban J connectivity index is 1.27. The number of aryl methyl sites for hydroxylation is 1. The molecule has 5 rings (SSSR count). The molecule has 3 aliphatic rings. The van der Waals surface area contributed by atoms with E-state index in [1.807, 2.05) is 11.8 Å². The Morgan fingerprint density at radius 2 is 1.90 bits per heavy atom. The van der Waals surface area contributed by atoms with E-state index in [1.54, 1.807) is 6.92 Å². The van der Waals surface area contributed by atoms with E-state index >= 15 is 0 Å². The summed E-state index contributed by atoms with van der Waals surface area (Å²) in [5, 5.41) is 9.90. The molecule has 1 aliphatic carbocycles. The van der Waals surface area contributed by atoms with Crippen LogP contribution in [0, 0.1) is 18.8 Å². The monoisotopic (exact) mass is 566 g/mol. The van der Waals surface area contributed by atoms with Gasteiger partial charge in [-0.05, 0) is 75.5 Å². The number of sulfone groups is 1. The van der Waals surface area contributed by atoms with Gasteiger partial charge < -0.3 is 25.6 Å². The maximum atomic E-state index is 12.0. The molecule has 0 bridgehead atoms. The molecule has 0 spiro atoms. The summed E-state index contributed by atoms with van der Waals surface area (Å²) in [4.78, 5) is 22.6. The van der Waals surface area contributed by atoms with Gasteiger partial charge in [0.05, 0.1) is 22.8 Å². The predicted molar refractivity (Wildman–Crippen MR) is 156 cm³/mol. The van der Waals surface area contributed by atoms with Crippen LogP contribution in [0.25, 0.3) is 0 Å². The molecular formula is C29H38N6O4S. The van der Waals surface area contributed by atoms with Crippen molar-refractivity contribution in [2.24, 2.45) is 0 Å². The molecule has 214 valence electrons. The van der Waals surface area contributed by atoms with E-state index in [2.05, 4.69) is 56.8 Å². The molecule has 3 N–H and O–H groups in total. The minimum absolute atomic E-state index is 0.125. The summed E-state index contributed by atoms with van der Waals surface area (Å²) >= 11 is 0. The molecule has 0 unspecified atom stereocenters. The SMILES string of the molecule is CC#CC(=O)NCCN[C@H]1CC[C@@H](c2cc(C)c3c(c2)Nc2ncnc(N4CCS(=O)(=O)CC4)c2[C@@H](C)O3)CC1. The number of anilines is 3. The highest BCUT2D eigenvalue weighted by Crippen LogP contribution is 2.45. The molecule has 1 aromatic carbocycles. The van der Waals surface area contributed by atoms with Crippen LogP contribution in [0.3, 0.4) is 0 Å². The van der Waals surface area contributed by atoms with Gasteiger partial charge in [-0.3, -0.25) is 4.79 Å². The van der Waals surface area contributed by atoms with Crippen molar-refractivity contribution < 1.29 is 17.9 Å². The van der Waals surface area contributed by atoms with Crippen LogP contribution >= 0.6 is 0 Å². The predicted octanol–water partition coefficient (Wildman–Crippen LogP) is 2.97. The van der Waals surface area contributed by atoms with Crippen LogP contribution in [0.1, 0.15) is 68.2 Å². The van der Waals surface area contributed by atoms with E-state index in [0.717, 1.165) is 60.6 Å². The van der Waals surface area contributed by atoms with E-state index in [0.29, 0.717) is 37.4 Å². The number of ether oxygens (including phenoxy) is 1. The summed E-state index contributed by atoms with van der Waals surface area (Å²) in [6.07, 6.45) is 5.56. The Morgan fingerprint density at radius 1 is 1.15 bits per heavy atom. The van der Waals surface area contributed by atoms with Crippen molar-refractivity contribution in [2.75, 3.05) is 47.9 Å². The number of fused-ring (bicyclic) bond motifs is 2. The second kappa shape index (κ2) is 12.0. The number of aromatic nitrogens is 2. The number of carbonyl (C=O) groups is 1. The van der Waals surface area contributed by atoms with Crippen molar-refractivity contribution in [1.29, 1.82) is 0 Å². The zero-order valence-corrected chi connectivity index (χ0v) is 24.2. The third kappa shape index (κ3) is 6.34. The Bertz CT molecular complexity index is 1410. The molecule has 1 aromatic heterocycles. The molecule has 2 aliphatic heterocycles. The van der Waals surface area contributed by atoms with Gasteiger partial charge in [-0.2, -0.15) is 0 Å². The second-order valence-corrected chi connectivity index (χ2v) is 13.1. The van der Waals surface area contributed by atoms with Gasteiger partial charge in [0.15, 0.2) is 9.84 Å². The van der Waals surface area contributed by atoms with Gasteiger partial charge in [-0.25, -0.2) is 18.4 Å². The second-order valence-electron chi connectivity index (χ2n) is 10.8. The molecule has 10 nitrogen and oxygen atoms in total. The molecule has 1 saturated heterocycles. The molecule has 2 aromatic rings. The lowest BCUT2D eigenvalue weighted by Crippen LogP contribution is -2.41. The molecule has 1 atom stereocenters. The van der Waals surface area contributed by atoms with Gasteiger partial charge in [0.1, 0.15) is 29.8 Å². The molecule has 0 radical (unpaired) electrons. The summed E-state index contributed by atoms with van der Waals surface area (Å²) in [5.74, 6) is 7.82. The normalized spacial score (nSPS) is 23.3. The van der Waals surface area contributed by atoms with Crippen molar-refractivity contribution >= 4 is 33.1 Å². The van der Waals surface area contributed by atoms with Gasteiger partial charge in [-0.1, -0.05) is 12.0 Å². The van der Waals surface area contributed by atoms with Crippen molar-refractivity contribution in [2.45, 2.75) is 64.5 Å². The van der Waals surface area contributed by atoms with E-state index in [4.69, 9.17) is 4.74 Å². The highest BCUT2D eigenvalue weighted by molar-refractivity contribution is 7.91. The molecule has 2 fully saturated rings. The summed E-state index contributed by atoms with van der Waals surface area (Å²) in [6.45, 7) is 7.86. The summed E-state index contributed by atoms with van der Waals surface area (Å²) in [6, 6.07) is 4.89. The highest BCUT2D eigenvalue weighted by atomic mass is 32.2. The van der Waals surface area contributed by atoms with Crippen LogP contribution in [-0.4, -0.2) is 68.0 Å². The number of hydrogen-bond donors (Lipinski definition) is 3. The summed E-state index contributed by atoms with van der Waals surface area (Å²) in [5.41, 5.74) is 4.12. The van der Waals surface area contributed by atoms with Crippen LogP contribution in [0.2, 0.25) is 0 Å². The van der Waals surface area contributed by atoms with Gasteiger partial charge in [-0.15, -0.1) is 0 Å². The van der Waals surface area contributed by atoms with Crippen molar-refractivity contribution in [1.82, 2.24) is 20.6 Å². The Labute approximate surface area is 236 Å². The third-order valence-electron chi connectivity index (χ3n) is 8.04. The fourth-order valence-electron chi connectivity index (χ4n) is 5.93. The van der Waals surface area contributed by atoms with Gasteiger partial charge in [0.25, 0.3) is 5.91 Å². The maximum Gasteiger partial charge on any atom is 0.295 e. The lowest BCUT2D eigenvalue weighted by molar-refractivity contribution is -0.115. The number of carbonyl (C=O) groups excluding carboxylic acids is 1. The van der Waals surface area contributed by atoms with Crippen LogP contribution in [0.15, 0.2) is 18.5 Å². The minimum Gasteiger partial charge on any atom is -0.483 e. The van der Waals surface area contributed by atoms with Crippen LogP contribution < -0.4 is 25.6 Å². The van der Waals surface area contributed by atoms with Crippen molar-refractivity contribution in [3.63, 3.8) is 0 Å². The van der Waals surface area contributed by atoms with E-state index < -0.39 is 9.84 Å². The fraction of sp³-hybridized carbons (Fsp3) is 0.552. The average Bonchev–Trinajstić information content (AvgIpc) is 3.08. The lowest BCUT2D eigenvalue weighted by Gasteiger charge is -2.30. The number of rotatable bonds is 6. The first-order valence-corrected chi connectivity index (χ1v) is 15.9. The fourth-order valence-corrected chi connectivity index (χ4v) is 7.13. The molecule has 1 saturated carbocycles. The number of nitrogens with one attached hydrogen (secondary N) is 3. The Hall–Kier alpha value is -3.36. The number of amides is 1. The van der Waals surface area contributed by atoms with Crippen molar-refractivity contribution in [3.8, 4) is 17.6 Å². The topological polar surface area (TPSA) is 126 Å². The van der Waals surface area contributed by atoms with Crippen LogP contribution in [-0.2, 0) is 14.6 Å². The van der Waals surface area contributed by atoms with E-state index in [1.165, 1.54) is 11.9 Å². The molecule has 3 heterocycles. The van der Waals surface area contributed by atoms with Crippen molar-refractivity contribution in [3.05, 3.63) is 35.2 Å². The van der Waals surface area contributed by atoms with Crippen LogP contribution in [0.5, 0.6) is 5.75 Å². The largest absolute Gasteiger partial charge is 0.483 e. The minimum atomic E-state index is -3.00. The number of hydrogen-bond acceptors (Lipinski definition) is 9. The quantitative estimate of drug-likeness (QED) is 0.357. The molecule has 40 heavy (non-hydrogen) atoms. The maximum absolute atomic E-state index is 12.0. The molecule has 11 heteroatoms. The lowest BCUT2D eigenvalue weighted by atomic mass is 9.81. The summed E-state index contributed by atoms with van der Waals surface area (Å²) in [7, 11) is -3.00. The molecule has 1 amide bonds. The first-order chi connectivity index (χ1) is 19.2. The third-order valence-corrected chi connectivity index (χ3v) is 9.65. The standard InChI is InChI=1S/C29H38N6O4S/c1-4-5-25(36)31-11-10-30-23-8-6-21(7-9-23)22-16-19(2)27-24(17-22)34-28-26(20(3)39-27)29(33-18-32-28)35-12-14-40(37,38)15-13-35/h16-18,20-21,23,30H,6-15H2,1-3H3,(H,31,36)(H,32,33,34)/t20-,21-,23+/m1/s1. The smallest absolute Gasteiger partial charge is 0.295 e. The van der Waals surface area contributed by atoms with Gasteiger partial charge >= 0.3 is 0 Å². The van der Waals surface area contributed by atoms with Crippen LogP contribution in [0.4, 0.5) is 17.3 Å². The zero-order chi connectivity index (χ0) is 28.3. The first kappa shape index (κ1) is 28.2. The average molecular weight is 567 g/mol. The zero-order valence-electron chi connectivity index (χ0n) is 23.4. The highest BCUT2D eigenvalue weighted by Gasteiger charge is 2.32. The summed E-state index contributed by atoms with van der Waals surface area (Å²) < 4.78 is 30.5. The Kier molecular flexibility index (Phi) is 8.47. The number of nitrogens with zero attached hydrogens (tertiary/aromatic N) is 3. The Morgan fingerprint density at radius 3 is 2.62 bits per heavy atom.